The molecule has 3 atom stereocenters. The maximum Gasteiger partial charge on any atom is 0.255 e. The second-order valence-electron chi connectivity index (χ2n) is 9.89. The van der Waals surface area contributed by atoms with Crippen molar-refractivity contribution >= 4 is 23.4 Å². The van der Waals surface area contributed by atoms with Crippen LogP contribution in [0.25, 0.3) is 0 Å². The van der Waals surface area contributed by atoms with Gasteiger partial charge >= 0.3 is 0 Å². The lowest BCUT2D eigenvalue weighted by molar-refractivity contribution is -0.119. The van der Waals surface area contributed by atoms with Crippen molar-refractivity contribution in [2.45, 2.75) is 43.8 Å². The summed E-state index contributed by atoms with van der Waals surface area (Å²) in [7, 11) is 0. The number of ether oxygens (including phenoxy) is 1. The van der Waals surface area contributed by atoms with Gasteiger partial charge in [0.15, 0.2) is 0 Å². The van der Waals surface area contributed by atoms with E-state index in [1.54, 1.807) is 36.5 Å². The number of rotatable bonds is 11. The first kappa shape index (κ1) is 27.4. The number of para-hydroxylation sites is 1. The molecule has 40 heavy (non-hydrogen) atoms. The molecule has 8 nitrogen and oxygen atoms in total. The number of aromatic nitrogens is 2. The van der Waals surface area contributed by atoms with Crippen LogP contribution in [0.15, 0.2) is 85.2 Å². The summed E-state index contributed by atoms with van der Waals surface area (Å²) in [5.41, 5.74) is 9.00. The fraction of sp³-hybridized carbons (Fsp3) is 0.258. The number of nitrogens with two attached hydrogens (primary N) is 1. The largest absolute Gasteiger partial charge is 0.492 e. The molecule has 0 bridgehead atoms. The molecule has 5 rings (SSSR count). The summed E-state index contributed by atoms with van der Waals surface area (Å²) in [6.07, 6.45) is 6.30. The number of fused-ring (bicyclic) bond motifs is 1. The van der Waals surface area contributed by atoms with Crippen LogP contribution in [-0.2, 0) is 17.6 Å². The van der Waals surface area contributed by atoms with E-state index in [1.165, 1.54) is 5.56 Å². The molecule has 0 saturated heterocycles. The summed E-state index contributed by atoms with van der Waals surface area (Å²) in [5, 5.41) is 7.15. The molecule has 9 heteroatoms. The summed E-state index contributed by atoms with van der Waals surface area (Å²) in [5.74, 6) is 0.347. The molecule has 0 spiro atoms. The summed E-state index contributed by atoms with van der Waals surface area (Å²) < 4.78 is 6.03. The minimum Gasteiger partial charge on any atom is -0.492 e. The normalized spacial score (nSPS) is 15.9. The van der Waals surface area contributed by atoms with Gasteiger partial charge in [0, 0.05) is 41.9 Å². The molecule has 1 aromatic heterocycles. The van der Waals surface area contributed by atoms with Crippen molar-refractivity contribution in [3.05, 3.63) is 118 Å². The zero-order chi connectivity index (χ0) is 27.9. The number of hydrogen-bond donors (Lipinski definition) is 4. The number of halogens is 1. The zero-order valence-electron chi connectivity index (χ0n) is 22.0. The Hall–Kier alpha value is -4.14. The van der Waals surface area contributed by atoms with Crippen molar-refractivity contribution < 1.29 is 14.3 Å². The van der Waals surface area contributed by atoms with Crippen LogP contribution in [0.1, 0.15) is 57.8 Å². The Bertz CT molecular complexity index is 1430. The van der Waals surface area contributed by atoms with Crippen molar-refractivity contribution in [1.82, 2.24) is 20.6 Å². The molecule has 0 fully saturated rings. The molecule has 2 heterocycles. The van der Waals surface area contributed by atoms with Crippen LogP contribution in [0.2, 0.25) is 5.02 Å². The van der Waals surface area contributed by atoms with Crippen LogP contribution in [0.4, 0.5) is 0 Å². The molecule has 3 aromatic carbocycles. The Morgan fingerprint density at radius 2 is 1.85 bits per heavy atom. The van der Waals surface area contributed by atoms with E-state index in [0.29, 0.717) is 22.9 Å². The first-order valence-electron chi connectivity index (χ1n) is 13.4. The summed E-state index contributed by atoms with van der Waals surface area (Å²) in [6.45, 7) is 0.447. The molecule has 206 valence electrons. The lowest BCUT2D eigenvalue weighted by Gasteiger charge is -2.31. The minimum atomic E-state index is -0.886. The van der Waals surface area contributed by atoms with Gasteiger partial charge in [-0.25, -0.2) is 4.98 Å². The highest BCUT2D eigenvalue weighted by Crippen LogP contribution is 2.37. The molecular formula is C31H32ClN5O3. The Morgan fingerprint density at radius 3 is 2.58 bits per heavy atom. The SMILES string of the molecule is NC(=O)[C@H](Cc1ccc(Cl)cc1)NC(=O)c1cccc2c1OCCC2NC(CCc1ccccc1)c1ncc[nH]1. The highest BCUT2D eigenvalue weighted by molar-refractivity contribution is 6.30. The molecule has 1 aliphatic heterocycles. The predicted octanol–water partition coefficient (Wildman–Crippen LogP) is 4.68. The van der Waals surface area contributed by atoms with Crippen molar-refractivity contribution in [1.29, 1.82) is 0 Å². The van der Waals surface area contributed by atoms with Crippen LogP contribution in [-0.4, -0.2) is 34.4 Å². The molecule has 0 aliphatic carbocycles. The summed E-state index contributed by atoms with van der Waals surface area (Å²) in [4.78, 5) is 33.4. The maximum atomic E-state index is 13.4. The van der Waals surface area contributed by atoms with E-state index in [2.05, 4.69) is 32.7 Å². The smallest absolute Gasteiger partial charge is 0.255 e. The third-order valence-electron chi connectivity index (χ3n) is 7.14. The van der Waals surface area contributed by atoms with E-state index in [4.69, 9.17) is 22.1 Å². The van der Waals surface area contributed by atoms with Gasteiger partial charge in [0.2, 0.25) is 5.91 Å². The van der Waals surface area contributed by atoms with Gasteiger partial charge in [-0.2, -0.15) is 0 Å². The number of carbonyl (C=O) groups is 2. The van der Waals surface area contributed by atoms with Crippen LogP contribution in [0.3, 0.4) is 0 Å². The van der Waals surface area contributed by atoms with Crippen molar-refractivity contribution in [3.63, 3.8) is 0 Å². The quantitative estimate of drug-likeness (QED) is 0.213. The number of aromatic amines is 1. The molecule has 2 amide bonds. The monoisotopic (exact) mass is 557 g/mol. The van der Waals surface area contributed by atoms with Gasteiger partial charge in [-0.05, 0) is 42.2 Å². The Labute approximate surface area is 238 Å². The van der Waals surface area contributed by atoms with Crippen LogP contribution in [0, 0.1) is 0 Å². The van der Waals surface area contributed by atoms with E-state index in [1.807, 2.05) is 36.5 Å². The molecule has 5 N–H and O–H groups in total. The number of hydrogen-bond acceptors (Lipinski definition) is 5. The molecule has 0 saturated carbocycles. The van der Waals surface area contributed by atoms with E-state index >= 15 is 0 Å². The number of carbonyl (C=O) groups excluding carboxylic acids is 2. The van der Waals surface area contributed by atoms with E-state index < -0.39 is 17.9 Å². The van der Waals surface area contributed by atoms with Gasteiger partial charge in [0.05, 0.1) is 18.2 Å². The summed E-state index contributed by atoms with van der Waals surface area (Å²) >= 11 is 5.97. The van der Waals surface area contributed by atoms with Gasteiger partial charge in [0.1, 0.15) is 17.6 Å². The fourth-order valence-electron chi connectivity index (χ4n) is 5.06. The van der Waals surface area contributed by atoms with Gasteiger partial charge < -0.3 is 26.1 Å². The van der Waals surface area contributed by atoms with Crippen LogP contribution < -0.4 is 21.1 Å². The lowest BCUT2D eigenvalue weighted by Crippen LogP contribution is -2.46. The van der Waals surface area contributed by atoms with Crippen LogP contribution in [0.5, 0.6) is 5.75 Å². The van der Waals surface area contributed by atoms with Crippen molar-refractivity contribution in [3.8, 4) is 5.75 Å². The number of primary amides is 1. The van der Waals surface area contributed by atoms with E-state index in [0.717, 1.165) is 36.2 Å². The maximum absolute atomic E-state index is 13.4. The van der Waals surface area contributed by atoms with Gasteiger partial charge in [-0.1, -0.05) is 66.2 Å². The number of aryl methyl sites for hydroxylation is 1. The molecule has 0 radical (unpaired) electrons. The van der Waals surface area contributed by atoms with Gasteiger partial charge in [-0.3, -0.25) is 9.59 Å². The summed E-state index contributed by atoms with van der Waals surface area (Å²) in [6, 6.07) is 22.0. The lowest BCUT2D eigenvalue weighted by atomic mass is 9.95. The highest BCUT2D eigenvalue weighted by Gasteiger charge is 2.30. The van der Waals surface area contributed by atoms with Gasteiger partial charge in [0.25, 0.3) is 5.91 Å². The number of H-pyrrole nitrogens is 1. The number of amides is 2. The van der Waals surface area contributed by atoms with Crippen molar-refractivity contribution in [2.24, 2.45) is 5.73 Å². The molecule has 4 aromatic rings. The number of benzene rings is 3. The second kappa shape index (κ2) is 12.8. The molecule has 1 aliphatic rings. The van der Waals surface area contributed by atoms with Crippen LogP contribution >= 0.6 is 11.6 Å². The third-order valence-corrected chi connectivity index (χ3v) is 7.39. The molecule has 2 unspecified atom stereocenters. The number of nitrogens with zero attached hydrogens (tertiary/aromatic N) is 1. The third kappa shape index (κ3) is 6.70. The van der Waals surface area contributed by atoms with E-state index in [9.17, 15) is 9.59 Å². The van der Waals surface area contributed by atoms with Crippen molar-refractivity contribution in [2.75, 3.05) is 6.61 Å². The zero-order valence-corrected chi connectivity index (χ0v) is 22.7. The predicted molar refractivity (Wildman–Crippen MR) is 154 cm³/mol. The Kier molecular flexibility index (Phi) is 8.78. The first-order valence-corrected chi connectivity index (χ1v) is 13.8. The Balaban J connectivity index is 1.33. The second-order valence-corrected chi connectivity index (χ2v) is 10.3. The minimum absolute atomic E-state index is 0.0257. The average molecular weight is 558 g/mol. The number of imidazole rings is 1. The standard InChI is InChI=1S/C31H32ClN5O3/c32-22-12-9-21(10-13-22)19-27(29(33)38)37-31(39)24-8-4-7-23-25(15-18-40-28(23)24)36-26(30-34-16-17-35-30)14-11-20-5-2-1-3-6-20/h1-10,12-13,16-17,25-27,36H,11,14-15,18-19H2,(H2,33,38)(H,34,35)(H,37,39)/t25?,26?,27-/m0/s1. The van der Waals surface area contributed by atoms with E-state index in [-0.39, 0.29) is 18.5 Å². The molecular weight excluding hydrogens is 526 g/mol. The number of nitrogens with one attached hydrogen (secondary N) is 3. The highest BCUT2D eigenvalue weighted by atomic mass is 35.5. The fourth-order valence-corrected chi connectivity index (χ4v) is 5.18. The topological polar surface area (TPSA) is 122 Å². The average Bonchev–Trinajstić information content (AvgIpc) is 3.51. The Morgan fingerprint density at radius 1 is 1.05 bits per heavy atom. The first-order chi connectivity index (χ1) is 19.5. The van der Waals surface area contributed by atoms with Gasteiger partial charge in [-0.15, -0.1) is 0 Å².